The van der Waals surface area contributed by atoms with E-state index in [2.05, 4.69) is 27.3 Å². The third-order valence-electron chi connectivity index (χ3n) is 4.96. The zero-order valence-corrected chi connectivity index (χ0v) is 16.9. The fourth-order valence-electron chi connectivity index (χ4n) is 3.57. The first kappa shape index (κ1) is 19.6. The highest BCUT2D eigenvalue weighted by molar-refractivity contribution is 5.82. The maximum Gasteiger partial charge on any atom is 0.217 e. The molecule has 9 nitrogen and oxygen atoms in total. The van der Waals surface area contributed by atoms with Gasteiger partial charge in [-0.1, -0.05) is 0 Å². The topological polar surface area (TPSA) is 114 Å². The van der Waals surface area contributed by atoms with E-state index in [4.69, 9.17) is 15.5 Å². The van der Waals surface area contributed by atoms with E-state index in [1.54, 1.807) is 24.3 Å². The minimum absolute atomic E-state index is 0.301. The van der Waals surface area contributed by atoms with E-state index >= 15 is 0 Å². The van der Waals surface area contributed by atoms with Crippen LogP contribution >= 0.6 is 0 Å². The van der Waals surface area contributed by atoms with Crippen LogP contribution in [0.3, 0.4) is 0 Å². The number of benzene rings is 1. The number of hydrogen-bond donors (Lipinski definition) is 1. The number of amides is 1. The first-order valence-electron chi connectivity index (χ1n) is 9.66. The Morgan fingerprint density at radius 3 is 2.83 bits per heavy atom. The largest absolute Gasteiger partial charge is 0.496 e. The Morgan fingerprint density at radius 1 is 1.23 bits per heavy atom. The summed E-state index contributed by atoms with van der Waals surface area (Å²) in [5.41, 5.74) is 10.9. The van der Waals surface area contributed by atoms with Crippen molar-refractivity contribution in [3.63, 3.8) is 0 Å². The summed E-state index contributed by atoms with van der Waals surface area (Å²) in [5.74, 6) is 0.485. The lowest BCUT2D eigenvalue weighted by molar-refractivity contribution is -0.118. The van der Waals surface area contributed by atoms with Crippen LogP contribution in [0.5, 0.6) is 5.75 Å². The Labute approximate surface area is 173 Å². The zero-order chi connectivity index (χ0) is 21.1. The van der Waals surface area contributed by atoms with Crippen LogP contribution in [-0.2, 0) is 17.9 Å². The van der Waals surface area contributed by atoms with Gasteiger partial charge in [-0.2, -0.15) is 10.2 Å². The van der Waals surface area contributed by atoms with Gasteiger partial charge < -0.3 is 10.5 Å². The Balaban J connectivity index is 1.67. The average Bonchev–Trinajstić information content (AvgIpc) is 3.38. The highest BCUT2D eigenvalue weighted by Crippen LogP contribution is 2.29. The Morgan fingerprint density at radius 2 is 2.10 bits per heavy atom. The van der Waals surface area contributed by atoms with E-state index < -0.39 is 0 Å². The van der Waals surface area contributed by atoms with Crippen LogP contribution in [0.25, 0.3) is 22.3 Å². The molecule has 3 heterocycles. The second kappa shape index (κ2) is 8.32. The van der Waals surface area contributed by atoms with Gasteiger partial charge >= 0.3 is 0 Å². The highest BCUT2D eigenvalue weighted by atomic mass is 16.5. The summed E-state index contributed by atoms with van der Waals surface area (Å²) in [6, 6.07) is 8.05. The molecule has 9 heteroatoms. The molecule has 0 aliphatic carbocycles. The van der Waals surface area contributed by atoms with E-state index in [0.717, 1.165) is 39.2 Å². The van der Waals surface area contributed by atoms with Crippen LogP contribution in [0.4, 0.5) is 0 Å². The number of carbonyl (C=O) groups excluding carboxylic acids is 1. The lowest BCUT2D eigenvalue weighted by Crippen LogP contribution is -2.12. The quantitative estimate of drug-likeness (QED) is 0.481. The molecule has 0 atom stereocenters. The summed E-state index contributed by atoms with van der Waals surface area (Å²) in [4.78, 5) is 19.8. The molecule has 0 fully saturated rings. The predicted molar refractivity (Wildman–Crippen MR) is 112 cm³/mol. The predicted octanol–water partition coefficient (Wildman–Crippen LogP) is 2.32. The second-order valence-electron chi connectivity index (χ2n) is 7.12. The molecule has 2 N–H and O–H groups in total. The average molecular weight is 405 g/mol. The molecule has 0 spiro atoms. The molecule has 4 rings (SSSR count). The van der Waals surface area contributed by atoms with Gasteiger partial charge in [-0.15, -0.1) is 0 Å². The van der Waals surface area contributed by atoms with Crippen molar-refractivity contribution in [2.45, 2.75) is 32.9 Å². The monoisotopic (exact) mass is 405 g/mol. The smallest absolute Gasteiger partial charge is 0.217 e. The summed E-state index contributed by atoms with van der Waals surface area (Å²) in [6.45, 7) is 3.22. The lowest BCUT2D eigenvalue weighted by Gasteiger charge is -2.12. The first-order valence-corrected chi connectivity index (χ1v) is 9.66. The normalized spacial score (nSPS) is 11.1. The molecule has 3 aromatic heterocycles. The highest BCUT2D eigenvalue weighted by Gasteiger charge is 2.13. The van der Waals surface area contributed by atoms with Gasteiger partial charge in [0, 0.05) is 24.1 Å². The van der Waals surface area contributed by atoms with E-state index in [0.29, 0.717) is 25.9 Å². The van der Waals surface area contributed by atoms with Crippen LogP contribution in [-0.4, -0.2) is 42.5 Å². The van der Waals surface area contributed by atoms with E-state index in [1.807, 2.05) is 23.7 Å². The first-order chi connectivity index (χ1) is 14.5. The lowest BCUT2D eigenvalue weighted by atomic mass is 10.0. The molecule has 154 valence electrons. The second-order valence-corrected chi connectivity index (χ2v) is 7.12. The number of primary amides is 1. The van der Waals surface area contributed by atoms with E-state index in [9.17, 15) is 4.79 Å². The molecule has 1 amide bonds. The van der Waals surface area contributed by atoms with Gasteiger partial charge in [-0.3, -0.25) is 9.48 Å². The Hall–Kier alpha value is -3.75. The number of aromatic nitrogens is 6. The maximum absolute atomic E-state index is 11.0. The van der Waals surface area contributed by atoms with Crippen molar-refractivity contribution < 1.29 is 9.53 Å². The van der Waals surface area contributed by atoms with Crippen molar-refractivity contribution in [1.82, 2.24) is 29.5 Å². The van der Waals surface area contributed by atoms with Crippen molar-refractivity contribution >= 4 is 16.9 Å². The van der Waals surface area contributed by atoms with E-state index in [1.165, 1.54) is 6.33 Å². The van der Waals surface area contributed by atoms with Crippen LogP contribution in [0.1, 0.15) is 24.0 Å². The molecule has 0 unspecified atom stereocenters. The summed E-state index contributed by atoms with van der Waals surface area (Å²) in [5, 5.41) is 8.62. The molecule has 0 saturated heterocycles. The fourth-order valence-corrected chi connectivity index (χ4v) is 3.57. The van der Waals surface area contributed by atoms with Crippen molar-refractivity contribution in [2.24, 2.45) is 5.73 Å². The SMILES string of the molecule is COc1ccc(-c2cc(C)c3c(cnn3CCCC(N)=O)n2)cc1Cn1cncn1. The molecule has 0 aliphatic rings. The van der Waals surface area contributed by atoms with E-state index in [-0.39, 0.29) is 5.91 Å². The summed E-state index contributed by atoms with van der Waals surface area (Å²) >= 11 is 0. The standard InChI is InChI=1S/C21H23N7O2/c1-14-8-17(26-18-10-24-28(21(14)18)7-3-4-20(22)29)15-5-6-19(30-2)16(9-15)11-27-13-23-12-25-27/h5-6,8-10,12-13H,3-4,7,11H2,1-2H3,(H2,22,29). The number of fused-ring (bicyclic) bond motifs is 1. The molecular weight excluding hydrogens is 382 g/mol. The zero-order valence-electron chi connectivity index (χ0n) is 16.9. The number of hydrogen-bond acceptors (Lipinski definition) is 6. The third kappa shape index (κ3) is 4.00. The van der Waals surface area contributed by atoms with Crippen LogP contribution in [0.2, 0.25) is 0 Å². The number of methoxy groups -OCH3 is 1. The van der Waals surface area contributed by atoms with Gasteiger partial charge in [-0.25, -0.2) is 14.6 Å². The fraction of sp³-hybridized carbons (Fsp3) is 0.286. The van der Waals surface area contributed by atoms with Gasteiger partial charge in [0.05, 0.1) is 31.1 Å². The van der Waals surface area contributed by atoms with Gasteiger partial charge in [0.2, 0.25) is 5.91 Å². The number of nitrogens with two attached hydrogens (primary N) is 1. The van der Waals surface area contributed by atoms with Crippen molar-refractivity contribution in [3.8, 4) is 17.0 Å². The summed E-state index contributed by atoms with van der Waals surface area (Å²) in [7, 11) is 1.65. The number of ether oxygens (including phenoxy) is 1. The minimum atomic E-state index is -0.301. The van der Waals surface area contributed by atoms with Gasteiger partial charge in [0.25, 0.3) is 0 Å². The van der Waals surface area contributed by atoms with Gasteiger partial charge in [0.15, 0.2) is 0 Å². The van der Waals surface area contributed by atoms with Crippen LogP contribution < -0.4 is 10.5 Å². The maximum atomic E-state index is 11.0. The number of carbonyl (C=O) groups is 1. The van der Waals surface area contributed by atoms with Gasteiger partial charge in [0.1, 0.15) is 23.9 Å². The van der Waals surface area contributed by atoms with Crippen molar-refractivity contribution in [1.29, 1.82) is 0 Å². The minimum Gasteiger partial charge on any atom is -0.496 e. The molecule has 30 heavy (non-hydrogen) atoms. The third-order valence-corrected chi connectivity index (χ3v) is 4.96. The molecule has 4 aromatic rings. The molecule has 0 saturated carbocycles. The number of nitrogens with zero attached hydrogens (tertiary/aromatic N) is 6. The molecule has 0 aliphatic heterocycles. The van der Waals surface area contributed by atoms with Crippen molar-refractivity contribution in [2.75, 3.05) is 7.11 Å². The molecule has 0 radical (unpaired) electrons. The number of pyridine rings is 1. The van der Waals surface area contributed by atoms with Gasteiger partial charge in [-0.05, 0) is 43.2 Å². The Kier molecular flexibility index (Phi) is 5.42. The molecule has 1 aromatic carbocycles. The summed E-state index contributed by atoms with van der Waals surface area (Å²) < 4.78 is 9.14. The number of aryl methyl sites for hydroxylation is 2. The van der Waals surface area contributed by atoms with Crippen molar-refractivity contribution in [3.05, 3.63) is 54.2 Å². The van der Waals surface area contributed by atoms with Crippen LogP contribution in [0, 0.1) is 6.92 Å². The molecule has 0 bridgehead atoms. The van der Waals surface area contributed by atoms with Crippen LogP contribution in [0.15, 0.2) is 43.1 Å². The number of rotatable bonds is 8. The summed E-state index contributed by atoms with van der Waals surface area (Å²) in [6.07, 6.45) is 5.93. The molecular formula is C21H23N7O2. The Bertz CT molecular complexity index is 1180.